The Kier molecular flexibility index (Phi) is 8.47. The number of allylic oxidation sites excluding steroid dienone is 4. The number of furan rings is 1. The fourth-order valence-electron chi connectivity index (χ4n) is 3.33. The van der Waals surface area contributed by atoms with Crippen LogP contribution < -0.4 is 14.2 Å². The Labute approximate surface area is 206 Å². The van der Waals surface area contributed by atoms with Gasteiger partial charge in [-0.1, -0.05) is 43.0 Å². The van der Waals surface area contributed by atoms with Gasteiger partial charge in [0.2, 0.25) is 0 Å². The van der Waals surface area contributed by atoms with Crippen molar-refractivity contribution in [1.29, 1.82) is 0 Å². The SMILES string of the molecule is C=CC(=CC/C=C(\C)c1oc2cc(OCc3ccccc3)cc(OC)c2c1OC(=O)C(F)(F)F)OC. The number of halogens is 3. The van der Waals surface area contributed by atoms with Crippen molar-refractivity contribution in [3.05, 3.63) is 84.4 Å². The summed E-state index contributed by atoms with van der Waals surface area (Å²) < 4.78 is 66.2. The van der Waals surface area contributed by atoms with E-state index in [-0.39, 0.29) is 29.1 Å². The number of carbonyl (C=O) groups is 1. The van der Waals surface area contributed by atoms with E-state index in [1.165, 1.54) is 32.4 Å². The summed E-state index contributed by atoms with van der Waals surface area (Å²) in [6.45, 7) is 5.49. The van der Waals surface area contributed by atoms with Gasteiger partial charge < -0.3 is 23.4 Å². The molecule has 0 bridgehead atoms. The lowest BCUT2D eigenvalue weighted by Gasteiger charge is -2.11. The van der Waals surface area contributed by atoms with Gasteiger partial charge in [0, 0.05) is 12.1 Å². The summed E-state index contributed by atoms with van der Waals surface area (Å²) in [4.78, 5) is 11.7. The first-order chi connectivity index (χ1) is 17.2. The van der Waals surface area contributed by atoms with Gasteiger partial charge in [0.05, 0.1) is 14.2 Å². The molecule has 0 saturated heterocycles. The van der Waals surface area contributed by atoms with E-state index < -0.39 is 17.9 Å². The third-order valence-corrected chi connectivity index (χ3v) is 5.12. The zero-order valence-electron chi connectivity index (χ0n) is 20.0. The fourth-order valence-corrected chi connectivity index (χ4v) is 3.33. The lowest BCUT2D eigenvalue weighted by molar-refractivity contribution is -0.189. The smallest absolute Gasteiger partial charge is 0.491 e. The summed E-state index contributed by atoms with van der Waals surface area (Å²) in [5, 5.41) is 0.0733. The molecule has 0 N–H and O–H groups in total. The third kappa shape index (κ3) is 6.29. The Morgan fingerprint density at radius 2 is 1.83 bits per heavy atom. The van der Waals surface area contributed by atoms with Crippen LogP contribution in [0.4, 0.5) is 13.2 Å². The van der Waals surface area contributed by atoms with Crippen molar-refractivity contribution in [2.45, 2.75) is 26.1 Å². The molecule has 0 atom stereocenters. The summed E-state index contributed by atoms with van der Waals surface area (Å²) in [6.07, 6.45) is 0.0711. The first kappa shape index (κ1) is 26.5. The summed E-state index contributed by atoms with van der Waals surface area (Å²) in [5.41, 5.74) is 1.48. The molecule has 2 aromatic carbocycles. The number of carbonyl (C=O) groups excluding carboxylic acids is 1. The summed E-state index contributed by atoms with van der Waals surface area (Å²) in [5.74, 6) is -1.82. The van der Waals surface area contributed by atoms with Crippen molar-refractivity contribution in [2.75, 3.05) is 14.2 Å². The van der Waals surface area contributed by atoms with Crippen LogP contribution in [-0.2, 0) is 16.1 Å². The van der Waals surface area contributed by atoms with Gasteiger partial charge in [-0.15, -0.1) is 0 Å². The second-order valence-corrected chi connectivity index (χ2v) is 7.56. The molecular formula is C27H25F3O6. The van der Waals surface area contributed by atoms with Crippen molar-refractivity contribution in [1.82, 2.24) is 0 Å². The molecule has 0 spiro atoms. The number of alkyl halides is 3. The van der Waals surface area contributed by atoms with Crippen molar-refractivity contribution < 1.29 is 41.3 Å². The van der Waals surface area contributed by atoms with Crippen LogP contribution in [0.5, 0.6) is 17.2 Å². The molecule has 1 heterocycles. The Bertz CT molecular complexity index is 1290. The van der Waals surface area contributed by atoms with Gasteiger partial charge >= 0.3 is 12.1 Å². The molecule has 0 unspecified atom stereocenters. The van der Waals surface area contributed by atoms with Crippen LogP contribution in [0.2, 0.25) is 0 Å². The maximum atomic E-state index is 13.0. The minimum absolute atomic E-state index is 0.0490. The Morgan fingerprint density at radius 1 is 1.11 bits per heavy atom. The van der Waals surface area contributed by atoms with Crippen LogP contribution >= 0.6 is 0 Å². The first-order valence-electron chi connectivity index (χ1n) is 10.8. The maximum absolute atomic E-state index is 13.0. The molecule has 1 aromatic heterocycles. The molecule has 0 saturated carbocycles. The summed E-state index contributed by atoms with van der Waals surface area (Å²) in [6, 6.07) is 12.4. The molecule has 9 heteroatoms. The van der Waals surface area contributed by atoms with Gasteiger partial charge in [-0.25, -0.2) is 4.79 Å². The van der Waals surface area contributed by atoms with Gasteiger partial charge in [-0.05, 0) is 36.6 Å². The van der Waals surface area contributed by atoms with Crippen molar-refractivity contribution in [3.8, 4) is 17.2 Å². The number of ether oxygens (including phenoxy) is 4. The van der Waals surface area contributed by atoms with Gasteiger partial charge in [-0.3, -0.25) is 0 Å². The molecule has 36 heavy (non-hydrogen) atoms. The minimum Gasteiger partial charge on any atom is -0.497 e. The number of esters is 1. The fraction of sp³-hybridized carbons (Fsp3) is 0.222. The average molecular weight is 502 g/mol. The highest BCUT2D eigenvalue weighted by molar-refractivity contribution is 5.98. The predicted octanol–water partition coefficient (Wildman–Crippen LogP) is 7.00. The van der Waals surface area contributed by atoms with Gasteiger partial charge in [0.1, 0.15) is 34.8 Å². The lowest BCUT2D eigenvalue weighted by Crippen LogP contribution is -2.28. The molecule has 3 rings (SSSR count). The van der Waals surface area contributed by atoms with E-state index in [1.54, 1.807) is 19.1 Å². The van der Waals surface area contributed by atoms with Crippen LogP contribution in [0.3, 0.4) is 0 Å². The van der Waals surface area contributed by atoms with E-state index in [2.05, 4.69) is 6.58 Å². The standard InChI is InChI=1S/C27H25F3O6/c1-5-19(32-3)13-9-10-17(2)24-25(36-26(31)27(28,29)30)23-21(33-4)14-20(15-22(23)35-24)34-16-18-11-7-6-8-12-18/h5-8,10-15H,1,9,16H2,2-4H3/b17-10+,19-13?. The minimum atomic E-state index is -5.20. The highest BCUT2D eigenvalue weighted by Crippen LogP contribution is 2.45. The highest BCUT2D eigenvalue weighted by Gasteiger charge is 2.42. The van der Waals surface area contributed by atoms with Crippen molar-refractivity contribution in [2.24, 2.45) is 0 Å². The second kappa shape index (κ2) is 11.5. The Hall–Kier alpha value is -4.14. The first-order valence-corrected chi connectivity index (χ1v) is 10.8. The quantitative estimate of drug-likeness (QED) is 0.169. The number of hydrogen-bond acceptors (Lipinski definition) is 6. The van der Waals surface area contributed by atoms with Crippen LogP contribution in [0.15, 0.2) is 77.4 Å². The third-order valence-electron chi connectivity index (χ3n) is 5.12. The van der Waals surface area contributed by atoms with E-state index in [1.807, 2.05) is 30.3 Å². The van der Waals surface area contributed by atoms with Gasteiger partial charge in [0.15, 0.2) is 11.5 Å². The molecule has 6 nitrogen and oxygen atoms in total. The number of fused-ring (bicyclic) bond motifs is 1. The van der Waals surface area contributed by atoms with Crippen LogP contribution in [0, 0.1) is 0 Å². The summed E-state index contributed by atoms with van der Waals surface area (Å²) >= 11 is 0. The second-order valence-electron chi connectivity index (χ2n) is 7.56. The molecule has 0 radical (unpaired) electrons. The van der Waals surface area contributed by atoms with E-state index in [9.17, 15) is 18.0 Å². The van der Waals surface area contributed by atoms with Gasteiger partial charge in [-0.2, -0.15) is 13.2 Å². The van der Waals surface area contributed by atoms with Crippen LogP contribution in [0.1, 0.15) is 24.7 Å². The molecule has 3 aromatic rings. The molecule has 190 valence electrons. The number of methoxy groups -OCH3 is 2. The number of rotatable bonds is 10. The van der Waals surface area contributed by atoms with Gasteiger partial charge in [0.25, 0.3) is 0 Å². The van der Waals surface area contributed by atoms with Crippen LogP contribution in [0.25, 0.3) is 16.5 Å². The van der Waals surface area contributed by atoms with E-state index in [0.717, 1.165) is 5.56 Å². The van der Waals surface area contributed by atoms with Crippen molar-refractivity contribution in [3.63, 3.8) is 0 Å². The molecular weight excluding hydrogens is 477 g/mol. The lowest BCUT2D eigenvalue weighted by atomic mass is 10.1. The molecule has 0 aliphatic rings. The summed E-state index contributed by atoms with van der Waals surface area (Å²) in [7, 11) is 2.83. The van der Waals surface area contributed by atoms with E-state index >= 15 is 0 Å². The average Bonchev–Trinajstić information content (AvgIpc) is 3.23. The zero-order valence-corrected chi connectivity index (χ0v) is 20.0. The molecule has 0 aliphatic carbocycles. The normalized spacial score (nSPS) is 12.4. The molecule has 0 aliphatic heterocycles. The topological polar surface area (TPSA) is 67.1 Å². The number of benzene rings is 2. The zero-order chi connectivity index (χ0) is 26.3. The van der Waals surface area contributed by atoms with Crippen molar-refractivity contribution >= 4 is 22.5 Å². The van der Waals surface area contributed by atoms with E-state index in [0.29, 0.717) is 23.5 Å². The van der Waals surface area contributed by atoms with E-state index in [4.69, 9.17) is 23.4 Å². The maximum Gasteiger partial charge on any atom is 0.491 e. The largest absolute Gasteiger partial charge is 0.497 e. The monoisotopic (exact) mass is 502 g/mol. The number of hydrogen-bond donors (Lipinski definition) is 0. The highest BCUT2D eigenvalue weighted by atomic mass is 19.4. The Balaban J connectivity index is 2.07. The predicted molar refractivity (Wildman–Crippen MR) is 129 cm³/mol. The Morgan fingerprint density at radius 3 is 2.44 bits per heavy atom. The molecule has 0 amide bonds. The molecule has 0 fully saturated rings. The van der Waals surface area contributed by atoms with Crippen LogP contribution in [-0.4, -0.2) is 26.4 Å².